The van der Waals surface area contributed by atoms with E-state index in [1.165, 1.54) is 16.9 Å². The van der Waals surface area contributed by atoms with Gasteiger partial charge in [-0.3, -0.25) is 9.59 Å². The number of urea groups is 1. The summed E-state index contributed by atoms with van der Waals surface area (Å²) in [4.78, 5) is 42.3. The van der Waals surface area contributed by atoms with Crippen LogP contribution in [-0.2, 0) is 16.0 Å². The van der Waals surface area contributed by atoms with E-state index in [0.717, 1.165) is 5.56 Å². The predicted octanol–water partition coefficient (Wildman–Crippen LogP) is 1.87. The Kier molecular flexibility index (Phi) is 5.79. The summed E-state index contributed by atoms with van der Waals surface area (Å²) in [5.74, 6) is 0.100. The second kappa shape index (κ2) is 8.67. The third-order valence-corrected chi connectivity index (χ3v) is 5.98. The van der Waals surface area contributed by atoms with Crippen LogP contribution in [0.2, 0.25) is 0 Å². The average molecular weight is 422 g/mol. The van der Waals surface area contributed by atoms with Crippen molar-refractivity contribution >= 4 is 23.5 Å². The number of likely N-dealkylation sites (N-methyl/N-ethyl adjacent to an activating group) is 1. The molecule has 2 aromatic carbocycles. The quantitative estimate of drug-likeness (QED) is 0.787. The molecule has 2 aliphatic heterocycles. The zero-order chi connectivity index (χ0) is 22.0. The van der Waals surface area contributed by atoms with Crippen molar-refractivity contribution < 1.29 is 19.1 Å². The molecule has 0 saturated carbocycles. The van der Waals surface area contributed by atoms with Gasteiger partial charge < -0.3 is 25.2 Å². The number of hydrogen-bond acceptors (Lipinski definition) is 4. The van der Waals surface area contributed by atoms with Crippen LogP contribution in [0.25, 0.3) is 0 Å². The van der Waals surface area contributed by atoms with Crippen LogP contribution in [-0.4, -0.2) is 66.5 Å². The Labute approximate surface area is 181 Å². The number of nitrogens with zero attached hydrogens (tertiary/aromatic N) is 2. The van der Waals surface area contributed by atoms with Crippen LogP contribution in [0.3, 0.4) is 0 Å². The number of carbonyl (C=O) groups is 3. The van der Waals surface area contributed by atoms with Crippen molar-refractivity contribution in [2.24, 2.45) is 0 Å². The second-order valence-electron chi connectivity index (χ2n) is 7.83. The van der Waals surface area contributed by atoms with Gasteiger partial charge in [-0.1, -0.05) is 42.5 Å². The fourth-order valence-electron chi connectivity index (χ4n) is 4.30. The molecular weight excluding hydrogens is 396 g/mol. The molecule has 8 heteroatoms. The van der Waals surface area contributed by atoms with E-state index in [1.54, 1.807) is 25.2 Å². The summed E-state index contributed by atoms with van der Waals surface area (Å²) in [6, 6.07) is 14.5. The first kappa shape index (κ1) is 20.7. The number of nitrogens with one attached hydrogen (secondary N) is 2. The van der Waals surface area contributed by atoms with Crippen molar-refractivity contribution in [3.63, 3.8) is 0 Å². The number of carbonyl (C=O) groups excluding carboxylic acids is 3. The lowest BCUT2D eigenvalue weighted by molar-refractivity contribution is -0.138. The molecule has 2 heterocycles. The molecule has 2 saturated heterocycles. The zero-order valence-electron chi connectivity index (χ0n) is 17.6. The summed E-state index contributed by atoms with van der Waals surface area (Å²) < 4.78 is 5.29. The molecule has 2 aromatic rings. The van der Waals surface area contributed by atoms with Gasteiger partial charge >= 0.3 is 6.03 Å². The van der Waals surface area contributed by atoms with Crippen molar-refractivity contribution in [1.82, 2.24) is 15.1 Å². The Morgan fingerprint density at radius 1 is 1.13 bits per heavy atom. The average Bonchev–Trinajstić information content (AvgIpc) is 3.17. The molecule has 4 rings (SSSR count). The Morgan fingerprint density at radius 2 is 1.84 bits per heavy atom. The summed E-state index contributed by atoms with van der Waals surface area (Å²) >= 11 is 0. The fraction of sp³-hybridized carbons (Fsp3) is 0.348. The molecule has 31 heavy (non-hydrogen) atoms. The van der Waals surface area contributed by atoms with Gasteiger partial charge in [-0.25, -0.2) is 4.79 Å². The number of amides is 4. The van der Waals surface area contributed by atoms with Crippen LogP contribution < -0.4 is 15.4 Å². The fourth-order valence-corrected chi connectivity index (χ4v) is 4.30. The van der Waals surface area contributed by atoms with Gasteiger partial charge in [-0.05, 0) is 24.1 Å². The Hall–Kier alpha value is -3.55. The highest BCUT2D eigenvalue weighted by molar-refractivity contribution is 5.98. The third-order valence-electron chi connectivity index (χ3n) is 5.98. The van der Waals surface area contributed by atoms with Crippen molar-refractivity contribution in [3.05, 3.63) is 60.2 Å². The minimum absolute atomic E-state index is 0.195. The summed E-state index contributed by atoms with van der Waals surface area (Å²) in [5.41, 5.74) is 1.50. The first-order valence-electron chi connectivity index (χ1n) is 10.3. The molecule has 0 aliphatic carbocycles. The van der Waals surface area contributed by atoms with Crippen molar-refractivity contribution in [3.8, 4) is 5.75 Å². The van der Waals surface area contributed by atoms with Gasteiger partial charge in [0.05, 0.1) is 18.8 Å². The zero-order valence-corrected chi connectivity index (χ0v) is 17.6. The number of rotatable bonds is 4. The van der Waals surface area contributed by atoms with Gasteiger partial charge in [0.2, 0.25) is 11.8 Å². The number of hydrogen-bond donors (Lipinski definition) is 2. The Balaban J connectivity index is 1.54. The summed E-state index contributed by atoms with van der Waals surface area (Å²) in [5, 5.41) is 5.83. The van der Waals surface area contributed by atoms with E-state index in [4.69, 9.17) is 4.74 Å². The van der Waals surface area contributed by atoms with Crippen LogP contribution in [0.4, 0.5) is 10.5 Å². The maximum Gasteiger partial charge on any atom is 0.322 e. The molecular formula is C23H26N4O4. The molecule has 0 unspecified atom stereocenters. The molecule has 162 valence electrons. The highest BCUT2D eigenvalue weighted by Crippen LogP contribution is 2.28. The van der Waals surface area contributed by atoms with Gasteiger partial charge in [0, 0.05) is 20.0 Å². The van der Waals surface area contributed by atoms with E-state index < -0.39 is 24.2 Å². The standard InChI is InChI=1S/C23H26N4O4/c1-26-18(14-15-8-4-3-5-9-15)21(28)24-17-12-13-27(20(17)22(26)29)23(30)25-16-10-6-7-11-19(16)31-2/h3-11,17-18,20H,12-14H2,1-2H3,(H,24,28)(H,25,30)/t17-,18+,20+/m1/s1. The molecule has 0 spiro atoms. The monoisotopic (exact) mass is 422 g/mol. The summed E-state index contributed by atoms with van der Waals surface area (Å²) in [6.07, 6.45) is 0.940. The van der Waals surface area contributed by atoms with Crippen molar-refractivity contribution in [2.75, 3.05) is 26.0 Å². The minimum atomic E-state index is -0.746. The number of ether oxygens (including phenoxy) is 1. The van der Waals surface area contributed by atoms with E-state index in [1.807, 2.05) is 36.4 Å². The molecule has 2 N–H and O–H groups in total. The lowest BCUT2D eigenvalue weighted by Crippen LogP contribution is -2.52. The van der Waals surface area contributed by atoms with Gasteiger partial charge in [0.1, 0.15) is 17.8 Å². The lowest BCUT2D eigenvalue weighted by Gasteiger charge is -2.30. The van der Waals surface area contributed by atoms with E-state index in [0.29, 0.717) is 30.8 Å². The van der Waals surface area contributed by atoms with Crippen molar-refractivity contribution in [1.29, 1.82) is 0 Å². The maximum absolute atomic E-state index is 13.4. The van der Waals surface area contributed by atoms with Gasteiger partial charge in [-0.2, -0.15) is 0 Å². The highest BCUT2D eigenvalue weighted by Gasteiger charge is 2.48. The molecule has 0 radical (unpaired) electrons. The van der Waals surface area contributed by atoms with Gasteiger partial charge in [0.25, 0.3) is 0 Å². The molecule has 8 nitrogen and oxygen atoms in total. The smallest absolute Gasteiger partial charge is 0.322 e. The first-order chi connectivity index (χ1) is 15.0. The van der Waals surface area contributed by atoms with Crippen LogP contribution in [0.1, 0.15) is 12.0 Å². The van der Waals surface area contributed by atoms with E-state index >= 15 is 0 Å². The SMILES string of the molecule is COc1ccccc1NC(=O)N1CC[C@H]2NC(=O)[C@H](Cc3ccccc3)N(C)C(=O)[C@H]21. The Morgan fingerprint density at radius 3 is 2.58 bits per heavy atom. The lowest BCUT2D eigenvalue weighted by atomic mass is 10.0. The number of benzene rings is 2. The number of likely N-dealkylation sites (tertiary alicyclic amines) is 1. The predicted molar refractivity (Wildman–Crippen MR) is 116 cm³/mol. The maximum atomic E-state index is 13.4. The topological polar surface area (TPSA) is 91.0 Å². The second-order valence-corrected chi connectivity index (χ2v) is 7.83. The number of fused-ring (bicyclic) bond motifs is 1. The highest BCUT2D eigenvalue weighted by atomic mass is 16.5. The Bertz CT molecular complexity index is 981. The molecule has 0 bridgehead atoms. The van der Waals surface area contributed by atoms with E-state index in [9.17, 15) is 14.4 Å². The normalized spacial score (nSPS) is 23.1. The molecule has 4 amide bonds. The molecule has 2 fully saturated rings. The minimum Gasteiger partial charge on any atom is -0.495 e. The number of methoxy groups -OCH3 is 1. The molecule has 0 aromatic heterocycles. The van der Waals surface area contributed by atoms with Crippen LogP contribution in [0, 0.1) is 0 Å². The van der Waals surface area contributed by atoms with Gasteiger partial charge in [0.15, 0.2) is 0 Å². The largest absolute Gasteiger partial charge is 0.495 e. The number of anilines is 1. The number of para-hydroxylation sites is 2. The van der Waals surface area contributed by atoms with E-state index in [-0.39, 0.29) is 11.8 Å². The molecule has 3 atom stereocenters. The van der Waals surface area contributed by atoms with Crippen LogP contribution in [0.5, 0.6) is 5.75 Å². The van der Waals surface area contributed by atoms with Gasteiger partial charge in [-0.15, -0.1) is 0 Å². The van der Waals surface area contributed by atoms with Crippen LogP contribution in [0.15, 0.2) is 54.6 Å². The van der Waals surface area contributed by atoms with Crippen LogP contribution >= 0.6 is 0 Å². The van der Waals surface area contributed by atoms with Crippen molar-refractivity contribution in [2.45, 2.75) is 31.0 Å². The third kappa shape index (κ3) is 4.05. The molecule has 2 aliphatic rings. The summed E-state index contributed by atoms with van der Waals surface area (Å²) in [7, 11) is 3.16. The first-order valence-corrected chi connectivity index (χ1v) is 10.3. The van der Waals surface area contributed by atoms with E-state index in [2.05, 4.69) is 10.6 Å². The summed E-state index contributed by atoms with van der Waals surface area (Å²) in [6.45, 7) is 0.375.